The van der Waals surface area contributed by atoms with E-state index in [1.54, 1.807) is 0 Å². The normalized spacial score (nSPS) is 31.1. The number of ether oxygens (including phenoxy) is 6. The van der Waals surface area contributed by atoms with Crippen LogP contribution >= 0.6 is 0 Å². The summed E-state index contributed by atoms with van der Waals surface area (Å²) in [6.45, 7) is 21.6. The average molecular weight is 705 g/mol. The summed E-state index contributed by atoms with van der Waals surface area (Å²) in [5.41, 5.74) is 1.09. The molecule has 0 aromatic heterocycles. The van der Waals surface area contributed by atoms with E-state index in [4.69, 9.17) is 32.8 Å². The Morgan fingerprint density at radius 3 is 2.02 bits per heavy atom. The third-order valence-corrected chi connectivity index (χ3v) is 15.8. The molecule has 4 fully saturated rings. The zero-order valence-corrected chi connectivity index (χ0v) is 33.1. The lowest BCUT2D eigenvalue weighted by Crippen LogP contribution is -2.40. The Labute approximate surface area is 301 Å². The molecule has 7 nitrogen and oxygen atoms in total. The van der Waals surface area contributed by atoms with Gasteiger partial charge < -0.3 is 32.8 Å². The van der Waals surface area contributed by atoms with Crippen molar-refractivity contribution in [3.8, 4) is 0 Å². The fourth-order valence-corrected chi connectivity index (χ4v) is 8.30. The monoisotopic (exact) mass is 705 g/mol. The predicted octanol–water partition coefficient (Wildman–Crippen LogP) is 10.4. The van der Waals surface area contributed by atoms with Crippen LogP contribution in [0, 0.1) is 11.8 Å². The molecule has 0 radical (unpaired) electrons. The van der Waals surface area contributed by atoms with E-state index >= 15 is 0 Å². The molecule has 3 aliphatic heterocycles. The highest BCUT2D eigenvalue weighted by atomic mass is 28.4. The zero-order valence-electron chi connectivity index (χ0n) is 32.1. The Morgan fingerprint density at radius 1 is 0.837 bits per heavy atom. The van der Waals surface area contributed by atoms with Crippen molar-refractivity contribution in [1.29, 1.82) is 0 Å². The summed E-state index contributed by atoms with van der Waals surface area (Å²) in [4.78, 5) is 0. The van der Waals surface area contributed by atoms with Gasteiger partial charge in [0, 0.05) is 44.7 Å². The number of allylic oxidation sites excluding steroid dienone is 2. The molecule has 0 N–H and O–H groups in total. The van der Waals surface area contributed by atoms with Gasteiger partial charge in [-0.2, -0.15) is 0 Å². The predicted molar refractivity (Wildman–Crippen MR) is 201 cm³/mol. The molecule has 49 heavy (non-hydrogen) atoms. The van der Waals surface area contributed by atoms with Gasteiger partial charge in [0.05, 0.1) is 18.3 Å². The van der Waals surface area contributed by atoms with Crippen molar-refractivity contribution in [2.75, 3.05) is 26.4 Å². The Hall–Kier alpha value is -0.843. The van der Waals surface area contributed by atoms with Crippen LogP contribution in [0.15, 0.2) is 36.5 Å². The highest BCUT2D eigenvalue weighted by molar-refractivity contribution is 6.74. The van der Waals surface area contributed by atoms with Gasteiger partial charge in [-0.15, -0.1) is 0 Å². The first-order valence-corrected chi connectivity index (χ1v) is 23.0. The number of hydrogen-bond acceptors (Lipinski definition) is 7. The molecule has 4 aliphatic rings. The topological polar surface area (TPSA) is 64.6 Å². The summed E-state index contributed by atoms with van der Waals surface area (Å²) < 4.78 is 44.9. The quantitative estimate of drug-likeness (QED) is 0.0574. The van der Waals surface area contributed by atoms with E-state index in [1.165, 1.54) is 12.8 Å². The summed E-state index contributed by atoms with van der Waals surface area (Å²) in [6.07, 6.45) is 25.5. The molecule has 1 aliphatic carbocycles. The minimum absolute atomic E-state index is 0.00762. The molecule has 0 aromatic carbocycles. The fraction of sp³-hybridized carbons (Fsp3) is 0.854. The molecule has 8 heteroatoms. The SMILES string of the molecule is C=C(/C=C\CCCO[Si](C)(C)C(C)(C)C)[C@H]1[C@@H](/C=C/[C@H](CCCCC)OC2CCCCO2)[C@H](OC2CCCCO2)C[C@@H]1OC1CCCCO1. The van der Waals surface area contributed by atoms with E-state index in [0.29, 0.717) is 0 Å². The van der Waals surface area contributed by atoms with Crippen LogP contribution in [-0.2, 0) is 32.8 Å². The lowest BCUT2D eigenvalue weighted by atomic mass is 9.86. The summed E-state index contributed by atoms with van der Waals surface area (Å²) >= 11 is 0. The van der Waals surface area contributed by atoms with Gasteiger partial charge in [0.25, 0.3) is 0 Å². The lowest BCUT2D eigenvalue weighted by molar-refractivity contribution is -0.203. The molecule has 1 saturated carbocycles. The van der Waals surface area contributed by atoms with E-state index in [2.05, 4.69) is 71.7 Å². The van der Waals surface area contributed by atoms with Crippen LogP contribution in [0.3, 0.4) is 0 Å². The van der Waals surface area contributed by atoms with Crippen LogP contribution in [0.1, 0.15) is 130 Å². The standard InChI is InChI=1S/C41H72O7Si/c1-8-9-11-21-33(46-37-22-13-17-27-42-37)25-26-34-35(47-38-23-14-18-28-43-38)31-36(48-39-24-15-19-29-44-39)40(34)32(2)20-12-10-16-30-45-49(6,7)41(3,4)5/h12,20,25-26,33-40H,2,8-11,13-19,21-24,27-31H2,1,3-7H3/b20-12-,26-25+/t33-,34-,35+,36-,37?,38?,39?,40-/m0/s1. The molecule has 8 atom stereocenters. The lowest BCUT2D eigenvalue weighted by Gasteiger charge is -2.36. The van der Waals surface area contributed by atoms with E-state index in [-0.39, 0.29) is 54.1 Å². The maximum Gasteiger partial charge on any atom is 0.191 e. The molecule has 0 aromatic rings. The number of hydrogen-bond donors (Lipinski definition) is 0. The summed E-state index contributed by atoms with van der Waals surface area (Å²) in [6, 6.07) is 0. The number of unbranched alkanes of at least 4 members (excludes halogenated alkanes) is 3. The van der Waals surface area contributed by atoms with Crippen molar-refractivity contribution >= 4 is 8.32 Å². The minimum Gasteiger partial charge on any atom is -0.417 e. The van der Waals surface area contributed by atoms with Crippen LogP contribution in [0.4, 0.5) is 0 Å². The van der Waals surface area contributed by atoms with Crippen molar-refractivity contribution in [2.45, 2.75) is 186 Å². The molecule has 3 heterocycles. The van der Waals surface area contributed by atoms with Crippen molar-refractivity contribution in [1.82, 2.24) is 0 Å². The van der Waals surface area contributed by atoms with Gasteiger partial charge >= 0.3 is 0 Å². The first kappa shape index (κ1) is 40.9. The van der Waals surface area contributed by atoms with Gasteiger partial charge in [-0.1, -0.05) is 77.8 Å². The maximum absolute atomic E-state index is 6.82. The van der Waals surface area contributed by atoms with E-state index in [9.17, 15) is 0 Å². The molecule has 4 rings (SSSR count). The van der Waals surface area contributed by atoms with Crippen LogP contribution < -0.4 is 0 Å². The largest absolute Gasteiger partial charge is 0.417 e. The third kappa shape index (κ3) is 13.6. The minimum atomic E-state index is -1.74. The Morgan fingerprint density at radius 2 is 1.45 bits per heavy atom. The molecule has 3 saturated heterocycles. The second-order valence-electron chi connectivity index (χ2n) is 16.4. The highest BCUT2D eigenvalue weighted by Crippen LogP contribution is 2.44. The van der Waals surface area contributed by atoms with Crippen LogP contribution in [-0.4, -0.2) is 71.9 Å². The van der Waals surface area contributed by atoms with Gasteiger partial charge in [-0.3, -0.25) is 0 Å². The van der Waals surface area contributed by atoms with Crippen LogP contribution in [0.5, 0.6) is 0 Å². The average Bonchev–Trinajstić information content (AvgIpc) is 3.41. The molecule has 0 bridgehead atoms. The van der Waals surface area contributed by atoms with Gasteiger partial charge in [0.1, 0.15) is 0 Å². The summed E-state index contributed by atoms with van der Waals surface area (Å²) in [5, 5.41) is 0.226. The third-order valence-electron chi connectivity index (χ3n) is 11.3. The van der Waals surface area contributed by atoms with E-state index < -0.39 is 8.32 Å². The van der Waals surface area contributed by atoms with Crippen molar-refractivity contribution in [3.05, 3.63) is 36.5 Å². The van der Waals surface area contributed by atoms with Gasteiger partial charge in [0.15, 0.2) is 27.2 Å². The molecule has 282 valence electrons. The smallest absolute Gasteiger partial charge is 0.191 e. The van der Waals surface area contributed by atoms with E-state index in [0.717, 1.165) is 122 Å². The second-order valence-corrected chi connectivity index (χ2v) is 21.2. The van der Waals surface area contributed by atoms with Crippen LogP contribution in [0.25, 0.3) is 0 Å². The first-order chi connectivity index (χ1) is 23.6. The second kappa shape index (κ2) is 21.0. The van der Waals surface area contributed by atoms with Crippen LogP contribution in [0.2, 0.25) is 18.1 Å². The van der Waals surface area contributed by atoms with Gasteiger partial charge in [0.2, 0.25) is 0 Å². The van der Waals surface area contributed by atoms with Gasteiger partial charge in [-0.25, -0.2) is 0 Å². The number of rotatable bonds is 19. The maximum atomic E-state index is 6.82. The molecule has 3 unspecified atom stereocenters. The zero-order chi connectivity index (χ0) is 35.1. The first-order valence-electron chi connectivity index (χ1n) is 20.1. The fourth-order valence-electron chi connectivity index (χ4n) is 7.22. The molecular formula is C41H72O7Si. The molecular weight excluding hydrogens is 633 g/mol. The summed E-state index contributed by atoms with van der Waals surface area (Å²) in [7, 11) is -1.74. The molecule has 0 amide bonds. The van der Waals surface area contributed by atoms with Crippen molar-refractivity contribution in [2.24, 2.45) is 11.8 Å². The summed E-state index contributed by atoms with van der Waals surface area (Å²) in [5.74, 6) is 0.153. The van der Waals surface area contributed by atoms with Gasteiger partial charge in [-0.05, 0) is 101 Å². The Kier molecular flexibility index (Phi) is 17.5. The van der Waals surface area contributed by atoms with E-state index in [1.807, 2.05) is 0 Å². The molecule has 0 spiro atoms. The Balaban J connectivity index is 1.52. The van der Waals surface area contributed by atoms with Crippen molar-refractivity contribution in [3.63, 3.8) is 0 Å². The highest BCUT2D eigenvalue weighted by Gasteiger charge is 2.46. The van der Waals surface area contributed by atoms with Crippen molar-refractivity contribution < 1.29 is 32.8 Å². The Bertz CT molecular complexity index is 988.